The molecular formula is C12H18N4O3. The zero-order chi connectivity index (χ0) is 13.8. The largest absolute Gasteiger partial charge is 0.391 e. The van der Waals surface area contributed by atoms with Crippen LogP contribution >= 0.6 is 0 Å². The van der Waals surface area contributed by atoms with E-state index in [-0.39, 0.29) is 11.8 Å². The van der Waals surface area contributed by atoms with Crippen molar-refractivity contribution in [3.8, 4) is 0 Å². The predicted molar refractivity (Wildman–Crippen MR) is 67.1 cm³/mol. The highest BCUT2D eigenvalue weighted by Crippen LogP contribution is 2.08. The Labute approximate surface area is 110 Å². The van der Waals surface area contributed by atoms with Crippen molar-refractivity contribution in [3.63, 3.8) is 0 Å². The lowest BCUT2D eigenvalue weighted by Crippen LogP contribution is -2.50. The molecule has 2 heterocycles. The number of aliphatic hydroxyl groups excluding tert-OH is 1. The monoisotopic (exact) mass is 266 g/mol. The van der Waals surface area contributed by atoms with Gasteiger partial charge >= 0.3 is 0 Å². The van der Waals surface area contributed by atoms with Gasteiger partial charge in [0.25, 0.3) is 0 Å². The molecule has 1 aliphatic heterocycles. The van der Waals surface area contributed by atoms with Crippen LogP contribution in [0.5, 0.6) is 0 Å². The topological polar surface area (TPSA) is 107 Å². The van der Waals surface area contributed by atoms with Crippen molar-refractivity contribution in [2.24, 2.45) is 0 Å². The van der Waals surface area contributed by atoms with Crippen LogP contribution in [0, 0.1) is 0 Å². The first-order valence-corrected chi connectivity index (χ1v) is 6.31. The second kappa shape index (κ2) is 5.83. The quantitative estimate of drug-likeness (QED) is 0.554. The van der Waals surface area contributed by atoms with Crippen LogP contribution in [0.2, 0.25) is 0 Å². The second-order valence-corrected chi connectivity index (χ2v) is 4.80. The van der Waals surface area contributed by atoms with Gasteiger partial charge in [-0.15, -0.1) is 0 Å². The van der Waals surface area contributed by atoms with Crippen LogP contribution in [0.1, 0.15) is 25.5 Å². The fraction of sp³-hybridized carbons (Fsp3) is 0.583. The molecule has 1 aromatic rings. The van der Waals surface area contributed by atoms with Gasteiger partial charge < -0.3 is 20.7 Å². The van der Waals surface area contributed by atoms with Crippen molar-refractivity contribution >= 4 is 11.8 Å². The molecule has 0 saturated carbocycles. The second-order valence-electron chi connectivity index (χ2n) is 4.80. The van der Waals surface area contributed by atoms with Crippen molar-refractivity contribution in [2.75, 3.05) is 0 Å². The molecule has 7 heteroatoms. The van der Waals surface area contributed by atoms with E-state index in [1.165, 1.54) is 0 Å². The predicted octanol–water partition coefficient (Wildman–Crippen LogP) is -0.904. The molecule has 1 aromatic heterocycles. The van der Waals surface area contributed by atoms with Gasteiger partial charge in [-0.3, -0.25) is 9.59 Å². The minimum absolute atomic E-state index is 0.109. The summed E-state index contributed by atoms with van der Waals surface area (Å²) in [5, 5.41) is 15.1. The molecule has 19 heavy (non-hydrogen) atoms. The van der Waals surface area contributed by atoms with Crippen molar-refractivity contribution < 1.29 is 14.7 Å². The van der Waals surface area contributed by atoms with Gasteiger partial charge in [0, 0.05) is 24.7 Å². The van der Waals surface area contributed by atoms with Crippen LogP contribution in [0.15, 0.2) is 12.5 Å². The Morgan fingerprint density at radius 1 is 1.68 bits per heavy atom. The van der Waals surface area contributed by atoms with E-state index in [0.717, 1.165) is 5.69 Å². The number of hydrogen-bond acceptors (Lipinski definition) is 4. The molecule has 1 saturated heterocycles. The highest BCUT2D eigenvalue weighted by Gasteiger charge is 2.29. The lowest BCUT2D eigenvalue weighted by atomic mass is 10.1. The van der Waals surface area contributed by atoms with Crippen molar-refractivity contribution in [3.05, 3.63) is 18.2 Å². The van der Waals surface area contributed by atoms with E-state index in [2.05, 4.69) is 20.6 Å². The van der Waals surface area contributed by atoms with Crippen LogP contribution in [0.25, 0.3) is 0 Å². The SMILES string of the molecule is C[C@H](O)[C@H](Cc1cnc[nH]1)NC(=O)[C@@H]1CCC(=O)N1. The van der Waals surface area contributed by atoms with Crippen molar-refractivity contribution in [1.29, 1.82) is 0 Å². The summed E-state index contributed by atoms with van der Waals surface area (Å²) in [7, 11) is 0. The van der Waals surface area contributed by atoms with Crippen molar-refractivity contribution in [1.82, 2.24) is 20.6 Å². The molecule has 0 aliphatic carbocycles. The fourth-order valence-corrected chi connectivity index (χ4v) is 2.07. The Bertz CT molecular complexity index is 444. The number of aromatic amines is 1. The Morgan fingerprint density at radius 3 is 3.00 bits per heavy atom. The Kier molecular flexibility index (Phi) is 4.16. The van der Waals surface area contributed by atoms with Gasteiger partial charge in [-0.25, -0.2) is 4.98 Å². The third-order valence-electron chi connectivity index (χ3n) is 3.22. The van der Waals surface area contributed by atoms with E-state index in [1.54, 1.807) is 19.4 Å². The van der Waals surface area contributed by atoms with Crippen LogP contribution in [0.3, 0.4) is 0 Å². The number of aromatic nitrogens is 2. The number of H-pyrrole nitrogens is 1. The summed E-state index contributed by atoms with van der Waals surface area (Å²) in [5.41, 5.74) is 0.835. The van der Waals surface area contributed by atoms with Gasteiger partial charge in [-0.1, -0.05) is 0 Å². The first-order chi connectivity index (χ1) is 9.06. The smallest absolute Gasteiger partial charge is 0.242 e. The summed E-state index contributed by atoms with van der Waals surface area (Å²) in [6, 6.07) is -0.902. The van der Waals surface area contributed by atoms with Gasteiger partial charge in [0.15, 0.2) is 0 Å². The number of amides is 2. The Morgan fingerprint density at radius 2 is 2.47 bits per heavy atom. The maximum Gasteiger partial charge on any atom is 0.242 e. The molecule has 2 amide bonds. The summed E-state index contributed by atoms with van der Waals surface area (Å²) in [6.07, 6.45) is 3.85. The number of nitrogens with zero attached hydrogens (tertiary/aromatic N) is 1. The van der Waals surface area contributed by atoms with Crippen LogP contribution in [-0.4, -0.2) is 45.1 Å². The summed E-state index contributed by atoms with van der Waals surface area (Å²) in [6.45, 7) is 1.62. The normalized spacial score (nSPS) is 21.8. The van der Waals surface area contributed by atoms with E-state index < -0.39 is 18.2 Å². The molecule has 0 spiro atoms. The van der Waals surface area contributed by atoms with E-state index in [1.807, 2.05) is 0 Å². The fourth-order valence-electron chi connectivity index (χ4n) is 2.07. The van der Waals surface area contributed by atoms with E-state index in [4.69, 9.17) is 0 Å². The first kappa shape index (κ1) is 13.5. The highest BCUT2D eigenvalue weighted by atomic mass is 16.3. The number of hydrogen-bond donors (Lipinski definition) is 4. The Balaban J connectivity index is 1.93. The molecule has 1 aliphatic rings. The van der Waals surface area contributed by atoms with Crippen LogP contribution in [0.4, 0.5) is 0 Å². The van der Waals surface area contributed by atoms with Crippen molar-refractivity contribution in [2.45, 2.75) is 44.4 Å². The minimum atomic E-state index is -0.690. The van der Waals surface area contributed by atoms with E-state index in [0.29, 0.717) is 19.3 Å². The number of aliphatic hydroxyl groups is 1. The van der Waals surface area contributed by atoms with E-state index in [9.17, 15) is 14.7 Å². The lowest BCUT2D eigenvalue weighted by Gasteiger charge is -2.22. The standard InChI is InChI=1S/C12H18N4O3/c1-7(17)10(4-8-5-13-6-14-8)16-12(19)9-2-3-11(18)15-9/h5-7,9-10,17H,2-4H2,1H3,(H,13,14)(H,15,18)(H,16,19)/t7-,9-,10-/m0/s1. The van der Waals surface area contributed by atoms with E-state index >= 15 is 0 Å². The number of rotatable bonds is 5. The van der Waals surface area contributed by atoms with Crippen LogP contribution in [-0.2, 0) is 16.0 Å². The average Bonchev–Trinajstić information content (AvgIpc) is 2.99. The minimum Gasteiger partial charge on any atom is -0.391 e. The molecule has 3 atom stereocenters. The maximum absolute atomic E-state index is 12.0. The summed E-state index contributed by atoms with van der Waals surface area (Å²) in [4.78, 5) is 29.9. The van der Waals surface area contributed by atoms with Gasteiger partial charge in [0.05, 0.1) is 18.5 Å². The molecule has 1 fully saturated rings. The molecule has 7 nitrogen and oxygen atoms in total. The van der Waals surface area contributed by atoms with Crippen LogP contribution < -0.4 is 10.6 Å². The highest BCUT2D eigenvalue weighted by molar-refractivity contribution is 5.90. The lowest BCUT2D eigenvalue weighted by molar-refractivity contribution is -0.126. The van der Waals surface area contributed by atoms with Gasteiger partial charge in [0.1, 0.15) is 6.04 Å². The van der Waals surface area contributed by atoms with Gasteiger partial charge in [0.2, 0.25) is 11.8 Å². The third-order valence-corrected chi connectivity index (χ3v) is 3.22. The summed E-state index contributed by atoms with van der Waals surface area (Å²) in [5.74, 6) is -0.362. The molecular weight excluding hydrogens is 248 g/mol. The van der Waals surface area contributed by atoms with Gasteiger partial charge in [-0.2, -0.15) is 0 Å². The average molecular weight is 266 g/mol. The molecule has 2 rings (SSSR count). The number of nitrogens with one attached hydrogen (secondary N) is 3. The summed E-state index contributed by atoms with van der Waals surface area (Å²) < 4.78 is 0. The molecule has 0 unspecified atom stereocenters. The molecule has 0 radical (unpaired) electrons. The number of carbonyl (C=O) groups excluding carboxylic acids is 2. The maximum atomic E-state index is 12.0. The number of carbonyl (C=O) groups is 2. The third kappa shape index (κ3) is 3.54. The summed E-state index contributed by atoms with van der Waals surface area (Å²) >= 11 is 0. The zero-order valence-electron chi connectivity index (χ0n) is 10.7. The zero-order valence-corrected chi connectivity index (χ0v) is 10.7. The molecule has 0 bridgehead atoms. The molecule has 104 valence electrons. The molecule has 4 N–H and O–H groups in total. The Hall–Kier alpha value is -1.89. The van der Waals surface area contributed by atoms with Gasteiger partial charge in [-0.05, 0) is 13.3 Å². The number of imidazole rings is 1. The first-order valence-electron chi connectivity index (χ1n) is 6.31. The molecule has 0 aromatic carbocycles.